The fourth-order valence-electron chi connectivity index (χ4n) is 1.98. The zero-order chi connectivity index (χ0) is 16.1. The summed E-state index contributed by atoms with van der Waals surface area (Å²) in [6, 6.07) is 7.67. The molecule has 0 fully saturated rings. The molecule has 1 aromatic carbocycles. The molecular formula is C15H18N4O3. The van der Waals surface area contributed by atoms with Gasteiger partial charge in [0.05, 0.1) is 18.3 Å². The summed E-state index contributed by atoms with van der Waals surface area (Å²) in [7, 11) is 0. The van der Waals surface area contributed by atoms with Crippen LogP contribution in [0.25, 0.3) is 5.69 Å². The van der Waals surface area contributed by atoms with Gasteiger partial charge in [-0.3, -0.25) is 9.59 Å². The van der Waals surface area contributed by atoms with Crippen molar-refractivity contribution in [1.82, 2.24) is 19.9 Å². The summed E-state index contributed by atoms with van der Waals surface area (Å²) in [6.07, 6.45) is 1.46. The van der Waals surface area contributed by atoms with Gasteiger partial charge >= 0.3 is 5.97 Å². The molecule has 0 aliphatic heterocycles. The number of aryl methyl sites for hydroxylation is 1. The molecule has 116 valence electrons. The van der Waals surface area contributed by atoms with Gasteiger partial charge in [-0.25, -0.2) is 4.68 Å². The van der Waals surface area contributed by atoms with Gasteiger partial charge < -0.3 is 10.0 Å². The number of aliphatic carboxylic acids is 1. The number of rotatable bonds is 6. The van der Waals surface area contributed by atoms with Gasteiger partial charge in [-0.1, -0.05) is 22.9 Å². The van der Waals surface area contributed by atoms with Crippen LogP contribution in [0.3, 0.4) is 0 Å². The van der Waals surface area contributed by atoms with Crippen molar-refractivity contribution in [2.75, 3.05) is 13.1 Å². The minimum atomic E-state index is -0.936. The topological polar surface area (TPSA) is 88.3 Å². The van der Waals surface area contributed by atoms with E-state index in [9.17, 15) is 9.59 Å². The van der Waals surface area contributed by atoms with Gasteiger partial charge in [-0.15, -0.1) is 5.10 Å². The molecule has 1 aromatic heterocycles. The highest BCUT2D eigenvalue weighted by molar-refractivity contribution is 5.92. The molecule has 0 spiro atoms. The molecule has 1 N–H and O–H groups in total. The third kappa shape index (κ3) is 3.69. The first kappa shape index (κ1) is 15.7. The standard InChI is InChI=1S/C15H18N4O3/c1-3-18(9-8-14(20)21)15(22)13-10-19(17-16-13)12-6-4-11(2)5-7-12/h4-7,10H,3,8-9H2,1-2H3,(H,20,21). The predicted octanol–water partition coefficient (Wildman–Crippen LogP) is 1.51. The Morgan fingerprint density at radius 2 is 1.95 bits per heavy atom. The summed E-state index contributed by atoms with van der Waals surface area (Å²) in [5.41, 5.74) is 2.14. The summed E-state index contributed by atoms with van der Waals surface area (Å²) in [6.45, 7) is 4.36. The Hall–Kier alpha value is -2.70. The van der Waals surface area contributed by atoms with Crippen LogP contribution in [0.4, 0.5) is 0 Å². The molecule has 7 nitrogen and oxygen atoms in total. The quantitative estimate of drug-likeness (QED) is 0.874. The van der Waals surface area contributed by atoms with E-state index in [1.54, 1.807) is 13.1 Å². The second-order valence-electron chi connectivity index (χ2n) is 4.91. The van der Waals surface area contributed by atoms with E-state index in [2.05, 4.69) is 10.3 Å². The normalized spacial score (nSPS) is 10.5. The van der Waals surface area contributed by atoms with E-state index in [4.69, 9.17) is 5.11 Å². The molecule has 0 saturated heterocycles. The van der Waals surface area contributed by atoms with Gasteiger partial charge in [0.25, 0.3) is 5.91 Å². The number of carbonyl (C=O) groups excluding carboxylic acids is 1. The summed E-state index contributed by atoms with van der Waals surface area (Å²) in [5.74, 6) is -1.25. The Bertz CT molecular complexity index is 664. The van der Waals surface area contributed by atoms with E-state index in [0.717, 1.165) is 11.3 Å². The second kappa shape index (κ2) is 6.84. The Labute approximate surface area is 128 Å². The number of carbonyl (C=O) groups is 2. The molecule has 0 aliphatic carbocycles. The first-order valence-electron chi connectivity index (χ1n) is 7.01. The number of aromatic nitrogens is 3. The number of amides is 1. The third-order valence-corrected chi connectivity index (χ3v) is 3.28. The molecule has 0 aliphatic rings. The highest BCUT2D eigenvalue weighted by Gasteiger charge is 2.18. The number of nitrogens with zero attached hydrogens (tertiary/aromatic N) is 4. The van der Waals surface area contributed by atoms with Crippen LogP contribution in [0.15, 0.2) is 30.5 Å². The van der Waals surface area contributed by atoms with Crippen molar-refractivity contribution in [1.29, 1.82) is 0 Å². The van der Waals surface area contributed by atoms with Gasteiger partial charge in [0.15, 0.2) is 5.69 Å². The van der Waals surface area contributed by atoms with Crippen LogP contribution < -0.4 is 0 Å². The summed E-state index contributed by atoms with van der Waals surface area (Å²) in [5, 5.41) is 16.6. The van der Waals surface area contributed by atoms with E-state index in [0.29, 0.717) is 6.54 Å². The Kier molecular flexibility index (Phi) is 4.88. The van der Waals surface area contributed by atoms with E-state index in [1.807, 2.05) is 31.2 Å². The lowest BCUT2D eigenvalue weighted by molar-refractivity contribution is -0.137. The molecule has 0 unspecified atom stereocenters. The molecule has 1 amide bonds. The van der Waals surface area contributed by atoms with Crippen LogP contribution >= 0.6 is 0 Å². The van der Waals surface area contributed by atoms with Crippen LogP contribution in [0.1, 0.15) is 29.4 Å². The lowest BCUT2D eigenvalue weighted by Crippen LogP contribution is -2.33. The zero-order valence-corrected chi connectivity index (χ0v) is 12.6. The maximum atomic E-state index is 12.3. The maximum absolute atomic E-state index is 12.3. The van der Waals surface area contributed by atoms with Gasteiger partial charge in [0.1, 0.15) is 0 Å². The molecule has 22 heavy (non-hydrogen) atoms. The Balaban J connectivity index is 2.14. The van der Waals surface area contributed by atoms with Gasteiger partial charge in [-0.2, -0.15) is 0 Å². The molecule has 2 aromatic rings. The van der Waals surface area contributed by atoms with Crippen LogP contribution in [0.5, 0.6) is 0 Å². The third-order valence-electron chi connectivity index (χ3n) is 3.28. The number of hydrogen-bond donors (Lipinski definition) is 1. The Morgan fingerprint density at radius 3 is 2.55 bits per heavy atom. The van der Waals surface area contributed by atoms with Crippen LogP contribution in [-0.2, 0) is 4.79 Å². The van der Waals surface area contributed by atoms with Crippen molar-refractivity contribution in [3.05, 3.63) is 41.7 Å². The van der Waals surface area contributed by atoms with Crippen molar-refractivity contribution in [2.24, 2.45) is 0 Å². The molecular weight excluding hydrogens is 284 g/mol. The first-order chi connectivity index (χ1) is 10.5. The average Bonchev–Trinajstić information content (AvgIpc) is 2.98. The zero-order valence-electron chi connectivity index (χ0n) is 12.6. The van der Waals surface area contributed by atoms with Crippen LogP contribution in [-0.4, -0.2) is 50.0 Å². The van der Waals surface area contributed by atoms with Crippen molar-refractivity contribution in [3.8, 4) is 5.69 Å². The predicted molar refractivity (Wildman–Crippen MR) is 79.9 cm³/mol. The SMILES string of the molecule is CCN(CCC(=O)O)C(=O)c1cn(-c2ccc(C)cc2)nn1. The minimum Gasteiger partial charge on any atom is -0.481 e. The molecule has 1 heterocycles. The molecule has 0 saturated carbocycles. The molecule has 0 bridgehead atoms. The van der Waals surface area contributed by atoms with Crippen LogP contribution in [0, 0.1) is 6.92 Å². The Morgan fingerprint density at radius 1 is 1.27 bits per heavy atom. The van der Waals surface area contributed by atoms with E-state index < -0.39 is 5.97 Å². The molecule has 0 radical (unpaired) electrons. The monoisotopic (exact) mass is 302 g/mol. The van der Waals surface area contributed by atoms with Gasteiger partial charge in [-0.05, 0) is 26.0 Å². The minimum absolute atomic E-state index is 0.0916. The van der Waals surface area contributed by atoms with Crippen molar-refractivity contribution in [3.63, 3.8) is 0 Å². The average molecular weight is 302 g/mol. The number of benzene rings is 1. The van der Waals surface area contributed by atoms with E-state index in [-0.39, 0.29) is 24.6 Å². The van der Waals surface area contributed by atoms with Crippen molar-refractivity contribution in [2.45, 2.75) is 20.3 Å². The molecule has 0 atom stereocenters. The second-order valence-corrected chi connectivity index (χ2v) is 4.91. The number of carboxylic acid groups (broad SMARTS) is 1. The largest absolute Gasteiger partial charge is 0.481 e. The highest BCUT2D eigenvalue weighted by atomic mass is 16.4. The van der Waals surface area contributed by atoms with Crippen molar-refractivity contribution >= 4 is 11.9 Å². The lowest BCUT2D eigenvalue weighted by atomic mass is 10.2. The number of hydrogen-bond acceptors (Lipinski definition) is 4. The first-order valence-corrected chi connectivity index (χ1v) is 7.01. The van der Waals surface area contributed by atoms with E-state index >= 15 is 0 Å². The number of carboxylic acids is 1. The fourth-order valence-corrected chi connectivity index (χ4v) is 1.98. The van der Waals surface area contributed by atoms with Crippen LogP contribution in [0.2, 0.25) is 0 Å². The van der Waals surface area contributed by atoms with Crippen molar-refractivity contribution < 1.29 is 14.7 Å². The fraction of sp³-hybridized carbons (Fsp3) is 0.333. The molecule has 2 rings (SSSR count). The summed E-state index contributed by atoms with van der Waals surface area (Å²) in [4.78, 5) is 24.4. The van der Waals surface area contributed by atoms with Gasteiger partial charge in [0.2, 0.25) is 0 Å². The summed E-state index contributed by atoms with van der Waals surface area (Å²) >= 11 is 0. The summed E-state index contributed by atoms with van der Waals surface area (Å²) < 4.78 is 1.53. The maximum Gasteiger partial charge on any atom is 0.305 e. The highest BCUT2D eigenvalue weighted by Crippen LogP contribution is 2.10. The lowest BCUT2D eigenvalue weighted by Gasteiger charge is -2.18. The molecule has 7 heteroatoms. The van der Waals surface area contributed by atoms with Gasteiger partial charge in [0, 0.05) is 13.1 Å². The smallest absolute Gasteiger partial charge is 0.305 e. The van der Waals surface area contributed by atoms with E-state index in [1.165, 1.54) is 9.58 Å².